The molecule has 0 aromatic carbocycles. The van der Waals surface area contributed by atoms with Crippen LogP contribution in [0.4, 0.5) is 23.1 Å². The molecule has 1 saturated carbocycles. The van der Waals surface area contributed by atoms with E-state index in [2.05, 4.69) is 15.5 Å². The fourth-order valence-electron chi connectivity index (χ4n) is 3.51. The van der Waals surface area contributed by atoms with Crippen LogP contribution in [0.15, 0.2) is 0 Å². The first-order valence-electron chi connectivity index (χ1n) is 7.38. The van der Waals surface area contributed by atoms with Crippen molar-refractivity contribution >= 4 is 28.5 Å². The predicted octanol–water partition coefficient (Wildman–Crippen LogP) is 2.36. The molecule has 2 N–H and O–H groups in total. The van der Waals surface area contributed by atoms with Crippen molar-refractivity contribution < 1.29 is 27.9 Å². The molecule has 0 spiro atoms. The van der Waals surface area contributed by atoms with Crippen LogP contribution in [0.5, 0.6) is 0 Å². The van der Waals surface area contributed by atoms with Crippen LogP contribution in [0.2, 0.25) is 0 Å². The van der Waals surface area contributed by atoms with E-state index in [0.717, 1.165) is 12.8 Å². The predicted molar refractivity (Wildman–Crippen MR) is 77.7 cm³/mol. The number of aromatic nitrogens is 2. The molecule has 1 saturated heterocycles. The minimum Gasteiger partial charge on any atom is -0.481 e. The van der Waals surface area contributed by atoms with Crippen LogP contribution < -0.4 is 5.32 Å². The van der Waals surface area contributed by atoms with E-state index in [1.807, 2.05) is 0 Å². The van der Waals surface area contributed by atoms with E-state index in [1.165, 1.54) is 4.90 Å². The second-order valence-corrected chi connectivity index (χ2v) is 7.22. The number of carboxylic acid groups (broad SMARTS) is 1. The SMILES string of the molecule is O=C(Nc1nnc(CC(F)(F)F)s1)N1C[C@@H]2CCC[C@@]2(C(=O)O)C1. The molecule has 0 radical (unpaired) electrons. The summed E-state index contributed by atoms with van der Waals surface area (Å²) in [5.74, 6) is -0.986. The van der Waals surface area contributed by atoms with E-state index in [0.29, 0.717) is 24.3 Å². The number of amides is 2. The van der Waals surface area contributed by atoms with Gasteiger partial charge in [0.1, 0.15) is 5.01 Å². The van der Waals surface area contributed by atoms with E-state index < -0.39 is 30.0 Å². The van der Waals surface area contributed by atoms with Crippen LogP contribution in [-0.2, 0) is 11.2 Å². The van der Waals surface area contributed by atoms with Gasteiger partial charge in [-0.15, -0.1) is 10.2 Å². The van der Waals surface area contributed by atoms with Crippen molar-refractivity contribution in [2.75, 3.05) is 18.4 Å². The van der Waals surface area contributed by atoms with Gasteiger partial charge in [0.05, 0.1) is 11.8 Å². The zero-order valence-corrected chi connectivity index (χ0v) is 13.3. The number of rotatable bonds is 3. The first-order valence-corrected chi connectivity index (χ1v) is 8.20. The summed E-state index contributed by atoms with van der Waals surface area (Å²) in [6, 6.07) is -0.556. The molecular formula is C13H15F3N4O3S. The van der Waals surface area contributed by atoms with Crippen molar-refractivity contribution in [3.05, 3.63) is 5.01 Å². The molecule has 132 valence electrons. The Morgan fingerprint density at radius 2 is 2.17 bits per heavy atom. The lowest BCUT2D eigenvalue weighted by molar-refractivity contribution is -0.149. The Morgan fingerprint density at radius 3 is 2.79 bits per heavy atom. The van der Waals surface area contributed by atoms with Gasteiger partial charge in [-0.3, -0.25) is 10.1 Å². The van der Waals surface area contributed by atoms with Crippen LogP contribution in [0.3, 0.4) is 0 Å². The normalized spacial score (nSPS) is 26.5. The molecule has 2 fully saturated rings. The molecular weight excluding hydrogens is 349 g/mol. The number of fused-ring (bicyclic) bond motifs is 1. The lowest BCUT2D eigenvalue weighted by atomic mass is 9.81. The van der Waals surface area contributed by atoms with Crippen LogP contribution in [0, 0.1) is 11.3 Å². The lowest BCUT2D eigenvalue weighted by Gasteiger charge is -2.23. The van der Waals surface area contributed by atoms with Crippen molar-refractivity contribution in [1.82, 2.24) is 15.1 Å². The molecule has 24 heavy (non-hydrogen) atoms. The molecule has 3 rings (SSSR count). The number of carbonyl (C=O) groups is 2. The highest BCUT2D eigenvalue weighted by Crippen LogP contribution is 2.48. The van der Waals surface area contributed by atoms with Gasteiger partial charge >= 0.3 is 18.2 Å². The van der Waals surface area contributed by atoms with Gasteiger partial charge in [0.15, 0.2) is 0 Å². The van der Waals surface area contributed by atoms with E-state index in [-0.39, 0.29) is 22.6 Å². The fourth-order valence-corrected chi connectivity index (χ4v) is 4.27. The van der Waals surface area contributed by atoms with Gasteiger partial charge in [0.25, 0.3) is 0 Å². The summed E-state index contributed by atoms with van der Waals surface area (Å²) < 4.78 is 36.9. The van der Waals surface area contributed by atoms with Gasteiger partial charge < -0.3 is 10.0 Å². The number of likely N-dealkylation sites (tertiary alicyclic amines) is 1. The Labute approximate surface area is 138 Å². The molecule has 2 aliphatic rings. The van der Waals surface area contributed by atoms with Gasteiger partial charge in [0.2, 0.25) is 5.13 Å². The van der Waals surface area contributed by atoms with Crippen molar-refractivity contribution in [2.24, 2.45) is 11.3 Å². The van der Waals surface area contributed by atoms with Crippen molar-refractivity contribution in [1.29, 1.82) is 0 Å². The maximum Gasteiger partial charge on any atom is 0.395 e. The number of nitrogens with zero attached hydrogens (tertiary/aromatic N) is 3. The zero-order valence-electron chi connectivity index (χ0n) is 12.5. The smallest absolute Gasteiger partial charge is 0.395 e. The summed E-state index contributed by atoms with van der Waals surface area (Å²) in [4.78, 5) is 25.2. The van der Waals surface area contributed by atoms with Crippen LogP contribution >= 0.6 is 11.3 Å². The Morgan fingerprint density at radius 1 is 1.42 bits per heavy atom. The molecule has 1 aromatic rings. The standard InChI is InChI=1S/C13H15F3N4O3S/c14-13(15,16)4-8-18-19-10(24-8)17-11(23)20-5-7-2-1-3-12(7,6-20)9(21)22/h7H,1-6H2,(H,21,22)(H,17,19,23)/t7-,12+/m0/s1. The van der Waals surface area contributed by atoms with E-state index in [9.17, 15) is 27.9 Å². The second-order valence-electron chi connectivity index (χ2n) is 6.15. The van der Waals surface area contributed by atoms with Gasteiger partial charge in [-0.2, -0.15) is 13.2 Å². The van der Waals surface area contributed by atoms with Gasteiger partial charge in [-0.05, 0) is 18.8 Å². The number of halogens is 3. The number of alkyl halides is 3. The number of aliphatic carboxylic acids is 1. The number of urea groups is 1. The number of hydrogen-bond donors (Lipinski definition) is 2. The first-order chi connectivity index (χ1) is 11.2. The molecule has 11 heteroatoms. The van der Waals surface area contributed by atoms with E-state index in [1.54, 1.807) is 0 Å². The highest BCUT2D eigenvalue weighted by Gasteiger charge is 2.55. The number of carbonyl (C=O) groups excluding carboxylic acids is 1. The van der Waals surface area contributed by atoms with Crippen molar-refractivity contribution in [3.8, 4) is 0 Å². The number of anilines is 1. The number of carboxylic acids is 1. The third-order valence-electron chi connectivity index (χ3n) is 4.62. The summed E-state index contributed by atoms with van der Waals surface area (Å²) in [7, 11) is 0. The molecule has 0 bridgehead atoms. The molecule has 1 aromatic heterocycles. The largest absolute Gasteiger partial charge is 0.481 e. The molecule has 2 amide bonds. The van der Waals surface area contributed by atoms with Crippen LogP contribution in [-0.4, -0.2) is 51.5 Å². The maximum atomic E-state index is 12.3. The van der Waals surface area contributed by atoms with Gasteiger partial charge in [-0.25, -0.2) is 4.79 Å². The summed E-state index contributed by atoms with van der Waals surface area (Å²) in [6.45, 7) is 0.430. The van der Waals surface area contributed by atoms with Crippen LogP contribution in [0.1, 0.15) is 24.3 Å². The molecule has 2 atom stereocenters. The first kappa shape index (κ1) is 16.9. The molecule has 1 aliphatic carbocycles. The summed E-state index contributed by atoms with van der Waals surface area (Å²) >= 11 is 0.656. The number of nitrogens with one attached hydrogen (secondary N) is 1. The van der Waals surface area contributed by atoms with Crippen molar-refractivity contribution in [3.63, 3.8) is 0 Å². The summed E-state index contributed by atoms with van der Waals surface area (Å²) in [6.07, 6.45) is -3.48. The second kappa shape index (κ2) is 5.87. The third-order valence-corrected chi connectivity index (χ3v) is 5.45. The number of hydrogen-bond acceptors (Lipinski definition) is 5. The van der Waals surface area contributed by atoms with E-state index >= 15 is 0 Å². The molecule has 1 aliphatic heterocycles. The maximum absolute atomic E-state index is 12.3. The minimum absolute atomic E-state index is 0.0271. The Bertz CT molecular complexity index is 665. The lowest BCUT2D eigenvalue weighted by Crippen LogP contribution is -2.38. The summed E-state index contributed by atoms with van der Waals surface area (Å²) in [5, 5.41) is 18.6. The minimum atomic E-state index is -4.39. The fraction of sp³-hybridized carbons (Fsp3) is 0.692. The summed E-state index contributed by atoms with van der Waals surface area (Å²) in [5.41, 5.74) is -0.903. The Hall–Kier alpha value is -1.91. The highest BCUT2D eigenvalue weighted by atomic mass is 32.1. The highest BCUT2D eigenvalue weighted by molar-refractivity contribution is 7.15. The van der Waals surface area contributed by atoms with Gasteiger partial charge in [-0.1, -0.05) is 17.8 Å². The Balaban J connectivity index is 1.63. The molecule has 0 unspecified atom stereocenters. The average Bonchev–Trinajstić information content (AvgIpc) is 3.10. The third kappa shape index (κ3) is 3.17. The molecule has 2 heterocycles. The van der Waals surface area contributed by atoms with Crippen molar-refractivity contribution in [2.45, 2.75) is 31.9 Å². The topological polar surface area (TPSA) is 95.4 Å². The molecule has 7 nitrogen and oxygen atoms in total. The zero-order chi connectivity index (χ0) is 17.5. The van der Waals surface area contributed by atoms with Crippen LogP contribution in [0.25, 0.3) is 0 Å². The van der Waals surface area contributed by atoms with E-state index in [4.69, 9.17) is 0 Å². The monoisotopic (exact) mass is 364 g/mol. The Kier molecular flexibility index (Phi) is 4.14. The van der Waals surface area contributed by atoms with Gasteiger partial charge in [0, 0.05) is 13.1 Å². The average molecular weight is 364 g/mol. The quantitative estimate of drug-likeness (QED) is 0.858.